The molecule has 20 heteroatoms. The summed E-state index contributed by atoms with van der Waals surface area (Å²) in [5.41, 5.74) is 1.16. The normalized spacial score (nSPS) is 14.1. The van der Waals surface area contributed by atoms with Gasteiger partial charge in [-0.3, -0.25) is 24.0 Å². The minimum Gasteiger partial charge on any atom is -0.355 e. The molecule has 1 N–H and O–H groups in total. The molecule has 1 saturated heterocycles. The zero-order chi connectivity index (χ0) is 40.5. The lowest BCUT2D eigenvalue weighted by Crippen LogP contribution is -2.46. The van der Waals surface area contributed by atoms with Crippen LogP contribution in [0, 0.1) is 30.1 Å². The van der Waals surface area contributed by atoms with Crippen molar-refractivity contribution in [2.75, 3.05) is 37.3 Å². The highest BCUT2D eigenvalue weighted by atomic mass is 35.5. The first-order valence-electron chi connectivity index (χ1n) is 16.8. The highest BCUT2D eigenvalue weighted by molar-refractivity contribution is 7.90. The average molecular weight is 833 g/mol. The number of aromatic nitrogens is 4. The van der Waals surface area contributed by atoms with Gasteiger partial charge in [0.1, 0.15) is 29.0 Å². The Hall–Kier alpha value is -5.21. The third-order valence-corrected chi connectivity index (χ3v) is 11.6. The molecule has 0 saturated carbocycles. The maximum Gasteiger partial charge on any atom is 0.401 e. The number of carbonyl (C=O) groups is 1. The Balaban J connectivity index is 1.30. The molecule has 1 aliphatic heterocycles. The summed E-state index contributed by atoms with van der Waals surface area (Å²) >= 11 is 7.45. The Morgan fingerprint density at radius 3 is 2.59 bits per heavy atom. The van der Waals surface area contributed by atoms with E-state index in [4.69, 9.17) is 11.6 Å². The van der Waals surface area contributed by atoms with Crippen LogP contribution in [0.15, 0.2) is 46.8 Å². The Kier molecular flexibility index (Phi) is 11.6. The summed E-state index contributed by atoms with van der Waals surface area (Å²) in [6.07, 6.45) is -3.90. The lowest BCUT2D eigenvalue weighted by molar-refractivity contribution is -0.147. The molecule has 1 amide bonds. The molecule has 5 aromatic rings. The van der Waals surface area contributed by atoms with Gasteiger partial charge in [-0.2, -0.15) is 18.4 Å². The van der Waals surface area contributed by atoms with Crippen LogP contribution >= 0.6 is 22.9 Å². The number of pyridine rings is 2. The Labute approximate surface area is 325 Å². The molecule has 1 fully saturated rings. The summed E-state index contributed by atoms with van der Waals surface area (Å²) in [5, 5.41) is 12.0. The number of hydrogen-bond acceptors (Lipinski definition) is 11. The number of sulfonamides is 1. The molecule has 5 heterocycles. The molecule has 0 spiro atoms. The molecule has 6 rings (SSSR count). The number of piperidine rings is 1. The quantitative estimate of drug-likeness (QED) is 0.144. The van der Waals surface area contributed by atoms with Gasteiger partial charge in [0, 0.05) is 59.5 Å². The van der Waals surface area contributed by atoms with Crippen LogP contribution in [0.1, 0.15) is 40.2 Å². The van der Waals surface area contributed by atoms with Gasteiger partial charge in [-0.05, 0) is 44.0 Å². The van der Waals surface area contributed by atoms with Gasteiger partial charge in [0.25, 0.3) is 17.9 Å². The zero-order valence-corrected chi connectivity index (χ0v) is 31.9. The number of alkyl halides is 5. The van der Waals surface area contributed by atoms with E-state index in [0.29, 0.717) is 45.1 Å². The zero-order valence-electron chi connectivity index (χ0n) is 29.5. The van der Waals surface area contributed by atoms with Crippen molar-refractivity contribution in [2.45, 2.75) is 45.0 Å². The molecule has 0 bridgehead atoms. The van der Waals surface area contributed by atoms with Crippen LogP contribution < -0.4 is 15.2 Å². The van der Waals surface area contributed by atoms with Gasteiger partial charge in [0.2, 0.25) is 10.0 Å². The molecule has 292 valence electrons. The second kappa shape index (κ2) is 16.1. The second-order valence-corrected chi connectivity index (χ2v) is 16.0. The first kappa shape index (κ1) is 40.5. The van der Waals surface area contributed by atoms with Gasteiger partial charge in [-0.25, -0.2) is 31.9 Å². The van der Waals surface area contributed by atoms with Crippen LogP contribution in [0.3, 0.4) is 0 Å². The number of nitriles is 1. The van der Waals surface area contributed by atoms with Crippen molar-refractivity contribution >= 4 is 65.8 Å². The van der Waals surface area contributed by atoms with Gasteiger partial charge < -0.3 is 4.90 Å². The first-order chi connectivity index (χ1) is 26.5. The number of benzene rings is 1. The van der Waals surface area contributed by atoms with Gasteiger partial charge in [-0.1, -0.05) is 23.4 Å². The fourth-order valence-electron chi connectivity index (χ4n) is 6.53. The predicted octanol–water partition coefficient (Wildman–Crippen LogP) is 5.74. The highest BCUT2D eigenvalue weighted by Gasteiger charge is 2.34. The number of nitrogens with one attached hydrogen (secondary N) is 1. The van der Waals surface area contributed by atoms with Crippen LogP contribution in [0.5, 0.6) is 0 Å². The molecule has 0 unspecified atom stereocenters. The van der Waals surface area contributed by atoms with E-state index in [2.05, 4.69) is 32.9 Å². The first-order valence-corrected chi connectivity index (χ1v) is 19.7. The van der Waals surface area contributed by atoms with E-state index in [-0.39, 0.29) is 59.0 Å². The van der Waals surface area contributed by atoms with Crippen molar-refractivity contribution in [3.63, 3.8) is 0 Å². The number of anilines is 1. The number of aryl methyl sites for hydroxylation is 1. The van der Waals surface area contributed by atoms with Gasteiger partial charge in [0.05, 0.1) is 46.0 Å². The molecule has 56 heavy (non-hydrogen) atoms. The third kappa shape index (κ3) is 8.76. The fraction of sp³-hybridized carbons (Fsp3) is 0.333. The SMILES string of the molecule is Cc1nc2cnc(N(C)C3CCN(CC(F)(F)F)CC3)c(C#N)c2c(=O)n1CC#Cc1ccc(Cl)cc1-c1ccnc2c(C(=O)NS(=O)(=O)CC(F)F)csc12. The minimum atomic E-state index is -4.61. The van der Waals surface area contributed by atoms with Crippen molar-refractivity contribution in [1.82, 2.24) is 29.1 Å². The second-order valence-electron chi connectivity index (χ2n) is 12.9. The molecule has 1 aliphatic rings. The van der Waals surface area contributed by atoms with Gasteiger partial charge >= 0.3 is 6.18 Å². The summed E-state index contributed by atoms with van der Waals surface area (Å²) in [6, 6.07) is 8.40. The standard InChI is InChI=1S/C36H30ClF5N8O4S2/c1-20-46-28-16-45-33(48(2)23-8-12-49(13-9-23)19-36(40,41)42)26(15-43)30(28)35(52)50(20)11-3-4-21-5-6-22(37)14-25(21)24-7-10-44-31-27(17-55-32(24)31)34(51)47-56(53,54)18-29(38)39/h5-7,10,14,16-17,23,29H,8-9,11-13,18-19H2,1-2H3,(H,47,51). The number of halogens is 6. The Bertz CT molecular complexity index is 2630. The molecule has 12 nitrogen and oxygen atoms in total. The smallest absolute Gasteiger partial charge is 0.355 e. The van der Waals surface area contributed by atoms with E-state index in [0.717, 1.165) is 11.3 Å². The molecular weight excluding hydrogens is 803 g/mol. The number of likely N-dealkylation sites (tertiary alicyclic amines) is 1. The van der Waals surface area contributed by atoms with E-state index >= 15 is 0 Å². The van der Waals surface area contributed by atoms with Crippen molar-refractivity contribution < 1.29 is 35.2 Å². The van der Waals surface area contributed by atoms with Crippen molar-refractivity contribution in [3.8, 4) is 29.0 Å². The van der Waals surface area contributed by atoms with Crippen molar-refractivity contribution in [3.05, 3.63) is 79.9 Å². The van der Waals surface area contributed by atoms with E-state index in [1.165, 1.54) is 27.2 Å². The summed E-state index contributed by atoms with van der Waals surface area (Å²) in [4.78, 5) is 43.0. The largest absolute Gasteiger partial charge is 0.401 e. The number of amides is 1. The summed E-state index contributed by atoms with van der Waals surface area (Å²) in [7, 11) is -2.92. The molecular formula is C36H30ClF5N8O4S2. The molecule has 4 aromatic heterocycles. The Morgan fingerprint density at radius 1 is 1.18 bits per heavy atom. The average Bonchev–Trinajstić information content (AvgIpc) is 3.56. The van der Waals surface area contributed by atoms with Crippen molar-refractivity contribution in [2.24, 2.45) is 0 Å². The van der Waals surface area contributed by atoms with Crippen molar-refractivity contribution in [1.29, 1.82) is 5.26 Å². The van der Waals surface area contributed by atoms with Crippen LogP contribution in [-0.4, -0.2) is 89.8 Å². The number of thiophene rings is 1. The van der Waals surface area contributed by atoms with Crippen LogP contribution in [0.4, 0.5) is 27.8 Å². The lowest BCUT2D eigenvalue weighted by atomic mass is 10.00. The fourth-order valence-corrected chi connectivity index (χ4v) is 8.55. The highest BCUT2D eigenvalue weighted by Crippen LogP contribution is 2.37. The molecule has 0 aliphatic carbocycles. The maximum absolute atomic E-state index is 14.0. The summed E-state index contributed by atoms with van der Waals surface area (Å²) in [5.74, 6) is 3.89. The maximum atomic E-state index is 14.0. The van der Waals surface area contributed by atoms with Crippen LogP contribution in [-0.2, 0) is 16.6 Å². The Morgan fingerprint density at radius 2 is 1.91 bits per heavy atom. The van der Waals surface area contributed by atoms with E-state index in [1.807, 2.05) is 0 Å². The number of rotatable bonds is 9. The number of hydrogen-bond donors (Lipinski definition) is 1. The van der Waals surface area contributed by atoms with E-state index in [1.54, 1.807) is 47.9 Å². The van der Waals surface area contributed by atoms with Gasteiger partial charge in [-0.15, -0.1) is 11.3 Å². The summed E-state index contributed by atoms with van der Waals surface area (Å²) in [6.45, 7) is 0.881. The van der Waals surface area contributed by atoms with E-state index < -0.39 is 46.4 Å². The number of fused-ring (bicyclic) bond motifs is 2. The van der Waals surface area contributed by atoms with Crippen LogP contribution in [0.2, 0.25) is 5.02 Å². The molecule has 0 atom stereocenters. The van der Waals surface area contributed by atoms with Gasteiger partial charge in [0.15, 0.2) is 0 Å². The minimum absolute atomic E-state index is 0.0146. The third-order valence-electron chi connectivity index (χ3n) is 9.15. The number of nitrogens with zero attached hydrogens (tertiary/aromatic N) is 7. The topological polar surface area (TPSA) is 154 Å². The molecule has 0 radical (unpaired) electrons. The summed E-state index contributed by atoms with van der Waals surface area (Å²) < 4.78 is 91.6. The predicted molar refractivity (Wildman–Crippen MR) is 201 cm³/mol. The molecule has 1 aromatic carbocycles. The lowest BCUT2D eigenvalue weighted by Gasteiger charge is -2.37. The monoisotopic (exact) mass is 832 g/mol. The van der Waals surface area contributed by atoms with E-state index in [9.17, 15) is 45.2 Å². The van der Waals surface area contributed by atoms with Crippen LogP contribution in [0.25, 0.3) is 32.2 Å². The number of carbonyl (C=O) groups excluding carboxylic acids is 1.